The number of benzene rings is 2. The second kappa shape index (κ2) is 8.49. The third kappa shape index (κ3) is 3.95. The second-order valence-electron chi connectivity index (χ2n) is 7.68. The van der Waals surface area contributed by atoms with Crippen LogP contribution in [0.5, 0.6) is 11.5 Å². The molecule has 0 bridgehead atoms. The summed E-state index contributed by atoms with van der Waals surface area (Å²) in [6.07, 6.45) is 3.50. The van der Waals surface area contributed by atoms with E-state index >= 15 is 0 Å². The highest BCUT2D eigenvalue weighted by atomic mass is 16.5. The average Bonchev–Trinajstić information content (AvgIpc) is 2.76. The molecule has 4 rings (SSSR count). The zero-order valence-corrected chi connectivity index (χ0v) is 17.4. The Morgan fingerprint density at radius 1 is 1.26 bits per heavy atom. The highest BCUT2D eigenvalue weighted by Crippen LogP contribution is 2.39. The van der Waals surface area contributed by atoms with Gasteiger partial charge in [-0.05, 0) is 59.7 Å². The van der Waals surface area contributed by atoms with E-state index in [-0.39, 0.29) is 6.61 Å². The number of carboxylic acid groups (broad SMARTS) is 1. The van der Waals surface area contributed by atoms with Gasteiger partial charge in [0.05, 0.1) is 23.9 Å². The summed E-state index contributed by atoms with van der Waals surface area (Å²) < 4.78 is 10.8. The molecule has 0 fully saturated rings. The molecule has 1 aliphatic carbocycles. The van der Waals surface area contributed by atoms with E-state index < -0.39 is 5.97 Å². The molecular formula is C25H22N2O4. The van der Waals surface area contributed by atoms with Crippen molar-refractivity contribution in [3.05, 3.63) is 64.8 Å². The fourth-order valence-electron chi connectivity index (χ4n) is 4.18. The summed E-state index contributed by atoms with van der Waals surface area (Å²) in [5.41, 5.74) is 4.45. The van der Waals surface area contributed by atoms with Gasteiger partial charge in [0.15, 0.2) is 18.1 Å². The maximum Gasteiger partial charge on any atom is 0.336 e. The van der Waals surface area contributed by atoms with E-state index in [9.17, 15) is 9.90 Å². The van der Waals surface area contributed by atoms with Crippen molar-refractivity contribution in [2.24, 2.45) is 5.92 Å². The quantitative estimate of drug-likeness (QED) is 0.634. The minimum absolute atomic E-state index is 0.0589. The Hall–Kier alpha value is -3.85. The molecular weight excluding hydrogens is 392 g/mol. The Balaban J connectivity index is 1.86. The third-order valence-electron chi connectivity index (χ3n) is 5.45. The van der Waals surface area contributed by atoms with E-state index in [1.807, 2.05) is 48.5 Å². The van der Waals surface area contributed by atoms with Crippen LogP contribution in [0.25, 0.3) is 22.6 Å². The van der Waals surface area contributed by atoms with Crippen LogP contribution < -0.4 is 9.47 Å². The summed E-state index contributed by atoms with van der Waals surface area (Å²) in [5, 5.41) is 19.4. The van der Waals surface area contributed by atoms with Crippen molar-refractivity contribution in [2.75, 3.05) is 13.7 Å². The molecule has 31 heavy (non-hydrogen) atoms. The first-order valence-electron chi connectivity index (χ1n) is 10.1. The van der Waals surface area contributed by atoms with Gasteiger partial charge in [0.2, 0.25) is 0 Å². The van der Waals surface area contributed by atoms with Gasteiger partial charge < -0.3 is 14.6 Å². The fourth-order valence-corrected chi connectivity index (χ4v) is 4.18. The van der Waals surface area contributed by atoms with Gasteiger partial charge in [-0.25, -0.2) is 9.78 Å². The molecule has 0 spiro atoms. The number of hydrogen-bond donors (Lipinski definition) is 1. The van der Waals surface area contributed by atoms with Crippen molar-refractivity contribution in [1.82, 2.24) is 4.98 Å². The van der Waals surface area contributed by atoms with E-state index in [1.54, 1.807) is 13.2 Å². The SMILES string of the molecule is COc1cc(/C=C2/CC(C)Cc3c2nc2ccccc2c3C(=O)O)ccc1OCC#N. The fraction of sp³-hybridized carbons (Fsp3) is 0.240. The van der Waals surface area contributed by atoms with Crippen LogP contribution >= 0.6 is 0 Å². The summed E-state index contributed by atoms with van der Waals surface area (Å²) in [7, 11) is 1.55. The standard InChI is InChI=1S/C25H22N2O4/c1-15-11-17(13-16-7-8-21(31-10-9-26)22(14-16)30-2)24-19(12-15)23(25(28)29)18-5-3-4-6-20(18)27-24/h3-8,13-15H,10-12H2,1-2H3,(H,28,29)/b17-13-. The Morgan fingerprint density at radius 3 is 2.81 bits per heavy atom. The molecule has 1 aromatic heterocycles. The molecule has 0 radical (unpaired) electrons. The van der Waals surface area contributed by atoms with Crippen LogP contribution in [0.3, 0.4) is 0 Å². The van der Waals surface area contributed by atoms with Crippen molar-refractivity contribution < 1.29 is 19.4 Å². The van der Waals surface area contributed by atoms with Crippen molar-refractivity contribution in [2.45, 2.75) is 19.8 Å². The molecule has 0 saturated carbocycles. The molecule has 0 amide bonds. The predicted molar refractivity (Wildman–Crippen MR) is 118 cm³/mol. The van der Waals surface area contributed by atoms with E-state index in [0.29, 0.717) is 40.3 Å². The number of aromatic nitrogens is 1. The van der Waals surface area contributed by atoms with E-state index in [1.165, 1.54) is 0 Å². The minimum Gasteiger partial charge on any atom is -0.493 e. The van der Waals surface area contributed by atoms with Gasteiger partial charge in [-0.3, -0.25) is 0 Å². The maximum atomic E-state index is 12.2. The lowest BCUT2D eigenvalue weighted by Gasteiger charge is -2.26. The Bertz CT molecular complexity index is 1240. The summed E-state index contributed by atoms with van der Waals surface area (Å²) in [5.74, 6) is 0.399. The number of para-hydroxylation sites is 1. The van der Waals surface area contributed by atoms with E-state index in [2.05, 4.69) is 6.92 Å². The summed E-state index contributed by atoms with van der Waals surface area (Å²) in [6, 6.07) is 14.8. The highest BCUT2D eigenvalue weighted by Gasteiger charge is 2.28. The summed E-state index contributed by atoms with van der Waals surface area (Å²) in [6.45, 7) is 2.06. The first kappa shape index (κ1) is 20.4. The predicted octanol–water partition coefficient (Wildman–Crippen LogP) is 4.97. The number of fused-ring (bicyclic) bond motifs is 2. The number of carbonyl (C=O) groups is 1. The van der Waals surface area contributed by atoms with Crippen LogP contribution in [0, 0.1) is 17.2 Å². The minimum atomic E-state index is -0.927. The molecule has 0 saturated heterocycles. The second-order valence-corrected chi connectivity index (χ2v) is 7.68. The van der Waals surface area contributed by atoms with Gasteiger partial charge in [-0.1, -0.05) is 31.2 Å². The number of aromatic carboxylic acids is 1. The number of nitrogens with zero attached hydrogens (tertiary/aromatic N) is 2. The Morgan fingerprint density at radius 2 is 2.06 bits per heavy atom. The number of nitriles is 1. The summed E-state index contributed by atoms with van der Waals surface area (Å²) >= 11 is 0. The third-order valence-corrected chi connectivity index (χ3v) is 5.45. The Labute approximate surface area is 180 Å². The smallest absolute Gasteiger partial charge is 0.336 e. The normalized spacial score (nSPS) is 16.5. The molecule has 1 aliphatic rings. The molecule has 6 heteroatoms. The lowest BCUT2D eigenvalue weighted by Crippen LogP contribution is -2.17. The van der Waals surface area contributed by atoms with Crippen molar-refractivity contribution in [3.8, 4) is 17.6 Å². The van der Waals surface area contributed by atoms with Crippen LogP contribution in [0.1, 0.15) is 40.5 Å². The topological polar surface area (TPSA) is 92.4 Å². The first-order valence-corrected chi connectivity index (χ1v) is 10.1. The van der Waals surface area contributed by atoms with E-state index in [4.69, 9.17) is 19.7 Å². The number of hydrogen-bond acceptors (Lipinski definition) is 5. The van der Waals surface area contributed by atoms with Gasteiger partial charge in [0.25, 0.3) is 0 Å². The molecule has 0 aliphatic heterocycles. The van der Waals surface area contributed by atoms with Crippen LogP contribution in [-0.2, 0) is 6.42 Å². The number of methoxy groups -OCH3 is 1. The van der Waals surface area contributed by atoms with Crippen LogP contribution in [0.2, 0.25) is 0 Å². The van der Waals surface area contributed by atoms with Crippen LogP contribution in [-0.4, -0.2) is 29.8 Å². The van der Waals surface area contributed by atoms with Gasteiger partial charge in [-0.15, -0.1) is 0 Å². The number of carboxylic acids is 1. The van der Waals surface area contributed by atoms with Gasteiger partial charge in [-0.2, -0.15) is 5.26 Å². The van der Waals surface area contributed by atoms with Crippen LogP contribution in [0.15, 0.2) is 42.5 Å². The molecule has 1 unspecified atom stereocenters. The van der Waals surface area contributed by atoms with Crippen molar-refractivity contribution >= 4 is 28.5 Å². The van der Waals surface area contributed by atoms with Gasteiger partial charge >= 0.3 is 5.97 Å². The van der Waals surface area contributed by atoms with E-state index in [0.717, 1.165) is 28.8 Å². The highest BCUT2D eigenvalue weighted by molar-refractivity contribution is 6.06. The number of allylic oxidation sites excluding steroid dienone is 1. The van der Waals surface area contributed by atoms with Gasteiger partial charge in [0, 0.05) is 5.39 Å². The average molecular weight is 414 g/mol. The Kier molecular flexibility index (Phi) is 5.59. The molecule has 6 nitrogen and oxygen atoms in total. The largest absolute Gasteiger partial charge is 0.493 e. The molecule has 1 atom stereocenters. The molecule has 156 valence electrons. The first-order chi connectivity index (χ1) is 15.0. The number of ether oxygens (including phenoxy) is 2. The lowest BCUT2D eigenvalue weighted by molar-refractivity contribution is 0.0697. The van der Waals surface area contributed by atoms with Gasteiger partial charge in [0.1, 0.15) is 6.07 Å². The zero-order valence-electron chi connectivity index (χ0n) is 17.4. The van der Waals surface area contributed by atoms with Crippen molar-refractivity contribution in [3.63, 3.8) is 0 Å². The van der Waals surface area contributed by atoms with Crippen molar-refractivity contribution in [1.29, 1.82) is 5.26 Å². The molecule has 3 aromatic rings. The molecule has 1 heterocycles. The molecule has 2 aromatic carbocycles. The molecule has 1 N–H and O–H groups in total. The monoisotopic (exact) mass is 414 g/mol. The van der Waals surface area contributed by atoms with Crippen LogP contribution in [0.4, 0.5) is 0 Å². The number of pyridine rings is 1. The number of rotatable bonds is 5. The zero-order chi connectivity index (χ0) is 22.0. The maximum absolute atomic E-state index is 12.2. The lowest BCUT2D eigenvalue weighted by atomic mass is 9.80. The summed E-state index contributed by atoms with van der Waals surface area (Å²) in [4.78, 5) is 17.0.